The normalized spacial score (nSPS) is 13.5. The number of carboxylic acid groups (broad SMARTS) is 1. The average molecular weight is 563 g/mol. The van der Waals surface area contributed by atoms with Crippen LogP contribution in [-0.4, -0.2) is 66.3 Å². The quantitative estimate of drug-likeness (QED) is 0.101. The Bertz CT molecular complexity index is 1330. The standard InChI is InChI=1S/C24H30N6O8S/c1-13(31)20(30-39(37,38)17-8-6-16(7-9-17)24(35)36)23(34)29-18(10-11-19(25)32)22(33)28-12-14-2-4-15(5-3-14)21(26)27/h2-9,13,18,20,30-31H,10-12H2,1H3,(H2,25,32)(H3,26,27)(H,28,33)(H,29,34)(H,35,36)/t13?,18-,20+/m0/s1. The van der Waals surface area contributed by atoms with Gasteiger partial charge in [0.2, 0.25) is 27.7 Å². The molecule has 0 saturated heterocycles. The van der Waals surface area contributed by atoms with Gasteiger partial charge in [-0.15, -0.1) is 0 Å². The Hall–Kier alpha value is -4.34. The highest BCUT2D eigenvalue weighted by atomic mass is 32.2. The third-order valence-corrected chi connectivity index (χ3v) is 6.96. The van der Waals surface area contributed by atoms with Crippen molar-refractivity contribution in [2.24, 2.45) is 11.5 Å². The number of nitrogen functional groups attached to an aromatic ring is 1. The van der Waals surface area contributed by atoms with E-state index < -0.39 is 51.9 Å². The number of primary amides is 1. The molecule has 2 aromatic rings. The van der Waals surface area contributed by atoms with E-state index in [0.29, 0.717) is 11.1 Å². The zero-order valence-corrected chi connectivity index (χ0v) is 21.7. The van der Waals surface area contributed by atoms with Crippen molar-refractivity contribution in [2.75, 3.05) is 0 Å². The molecule has 3 amide bonds. The number of nitrogens with two attached hydrogens (primary N) is 2. The minimum atomic E-state index is -4.39. The number of amides is 3. The first kappa shape index (κ1) is 30.9. The van der Waals surface area contributed by atoms with Crippen molar-refractivity contribution in [1.82, 2.24) is 15.4 Å². The zero-order chi connectivity index (χ0) is 29.3. The van der Waals surface area contributed by atoms with E-state index in [0.717, 1.165) is 31.2 Å². The molecule has 0 heterocycles. The van der Waals surface area contributed by atoms with Crippen LogP contribution in [0, 0.1) is 5.41 Å². The maximum atomic E-state index is 13.0. The fourth-order valence-corrected chi connectivity index (χ4v) is 4.58. The number of amidine groups is 1. The van der Waals surface area contributed by atoms with Crippen molar-refractivity contribution in [3.63, 3.8) is 0 Å². The van der Waals surface area contributed by atoms with Crippen molar-refractivity contribution >= 4 is 39.5 Å². The molecule has 14 nitrogen and oxygen atoms in total. The second-order valence-corrected chi connectivity index (χ2v) is 10.3. The Morgan fingerprint density at radius 2 is 1.51 bits per heavy atom. The lowest BCUT2D eigenvalue weighted by Crippen LogP contribution is -2.57. The molecule has 0 aliphatic carbocycles. The molecule has 0 radical (unpaired) electrons. The van der Waals surface area contributed by atoms with Gasteiger partial charge in [0.05, 0.1) is 16.6 Å². The lowest BCUT2D eigenvalue weighted by molar-refractivity contribution is -0.131. The lowest BCUT2D eigenvalue weighted by Gasteiger charge is -2.24. The molecule has 2 aromatic carbocycles. The summed E-state index contributed by atoms with van der Waals surface area (Å²) in [6, 6.07) is 7.57. The third-order valence-electron chi connectivity index (χ3n) is 5.50. The molecule has 0 bridgehead atoms. The number of carbonyl (C=O) groups is 4. The Morgan fingerprint density at radius 1 is 0.949 bits per heavy atom. The zero-order valence-electron chi connectivity index (χ0n) is 20.9. The van der Waals surface area contributed by atoms with Crippen molar-refractivity contribution < 1.29 is 37.8 Å². The Balaban J connectivity index is 2.16. The van der Waals surface area contributed by atoms with Crippen LogP contribution >= 0.6 is 0 Å². The first-order valence-corrected chi connectivity index (χ1v) is 13.0. The molecular formula is C24H30N6O8S. The van der Waals surface area contributed by atoms with Crippen LogP contribution in [0.3, 0.4) is 0 Å². The van der Waals surface area contributed by atoms with Crippen LogP contribution in [-0.2, 0) is 31.0 Å². The third kappa shape index (κ3) is 9.17. The number of sulfonamides is 1. The number of rotatable bonds is 14. The summed E-state index contributed by atoms with van der Waals surface area (Å²) in [6.07, 6.45) is -2.02. The van der Waals surface area contributed by atoms with Gasteiger partial charge in [0.25, 0.3) is 0 Å². The lowest BCUT2D eigenvalue weighted by atomic mass is 10.1. The predicted octanol–water partition coefficient (Wildman–Crippen LogP) is -1.24. The summed E-state index contributed by atoms with van der Waals surface area (Å²) in [6.45, 7) is 1.18. The minimum absolute atomic E-state index is 0.0265. The topological polar surface area (TPSA) is 255 Å². The van der Waals surface area contributed by atoms with Crippen LogP contribution in [0.15, 0.2) is 53.4 Å². The smallest absolute Gasteiger partial charge is 0.335 e. The van der Waals surface area contributed by atoms with E-state index in [1.54, 1.807) is 24.3 Å². The molecule has 0 aromatic heterocycles. The molecule has 3 atom stereocenters. The number of aliphatic hydroxyl groups is 1. The number of hydrogen-bond donors (Lipinski definition) is 8. The molecule has 0 saturated carbocycles. The SMILES string of the molecule is CC(O)[C@@H](NS(=O)(=O)c1ccc(C(=O)O)cc1)C(=O)N[C@@H](CCC(N)=O)C(=O)NCc1ccc(C(=N)N)cc1. The summed E-state index contributed by atoms with van der Waals surface area (Å²) in [5, 5.41) is 31.5. The Morgan fingerprint density at radius 3 is 2.00 bits per heavy atom. The molecule has 39 heavy (non-hydrogen) atoms. The van der Waals surface area contributed by atoms with Crippen LogP contribution in [0.25, 0.3) is 0 Å². The van der Waals surface area contributed by atoms with Gasteiger partial charge in [0.15, 0.2) is 0 Å². The van der Waals surface area contributed by atoms with Crippen LogP contribution in [0.4, 0.5) is 0 Å². The summed E-state index contributed by atoms with van der Waals surface area (Å²) in [5.41, 5.74) is 11.6. The van der Waals surface area contributed by atoms with Gasteiger partial charge in [0, 0.05) is 18.5 Å². The molecule has 10 N–H and O–H groups in total. The van der Waals surface area contributed by atoms with E-state index in [4.69, 9.17) is 22.0 Å². The number of carbonyl (C=O) groups excluding carboxylic acids is 3. The highest BCUT2D eigenvalue weighted by Crippen LogP contribution is 2.13. The molecule has 2 rings (SSSR count). The summed E-state index contributed by atoms with van der Waals surface area (Å²) in [7, 11) is -4.39. The van der Waals surface area contributed by atoms with Crippen molar-refractivity contribution in [3.05, 3.63) is 65.2 Å². The van der Waals surface area contributed by atoms with Gasteiger partial charge in [-0.2, -0.15) is 4.72 Å². The van der Waals surface area contributed by atoms with Crippen molar-refractivity contribution in [2.45, 2.75) is 49.4 Å². The van der Waals surface area contributed by atoms with Gasteiger partial charge in [-0.25, -0.2) is 13.2 Å². The number of aliphatic hydroxyl groups excluding tert-OH is 1. The summed E-state index contributed by atoms with van der Waals surface area (Å²) >= 11 is 0. The average Bonchev–Trinajstić information content (AvgIpc) is 2.88. The second kappa shape index (κ2) is 13.5. The number of aromatic carboxylic acids is 1. The van der Waals surface area contributed by atoms with Gasteiger partial charge < -0.3 is 32.3 Å². The van der Waals surface area contributed by atoms with Crippen LogP contribution in [0.5, 0.6) is 0 Å². The predicted molar refractivity (Wildman–Crippen MR) is 139 cm³/mol. The van der Waals surface area contributed by atoms with Gasteiger partial charge in [-0.3, -0.25) is 19.8 Å². The van der Waals surface area contributed by atoms with Gasteiger partial charge in [0.1, 0.15) is 17.9 Å². The molecule has 0 aliphatic heterocycles. The largest absolute Gasteiger partial charge is 0.478 e. The van der Waals surface area contributed by atoms with Gasteiger partial charge in [-0.1, -0.05) is 24.3 Å². The van der Waals surface area contributed by atoms with Crippen molar-refractivity contribution in [3.8, 4) is 0 Å². The maximum absolute atomic E-state index is 13.0. The monoisotopic (exact) mass is 562 g/mol. The van der Waals surface area contributed by atoms with E-state index in [1.165, 1.54) is 0 Å². The Kier molecular flexibility index (Phi) is 10.7. The van der Waals surface area contributed by atoms with E-state index in [9.17, 15) is 32.7 Å². The molecule has 0 aliphatic rings. The van der Waals surface area contributed by atoms with Gasteiger partial charge in [-0.05, 0) is 43.2 Å². The molecule has 1 unspecified atom stereocenters. The highest BCUT2D eigenvalue weighted by molar-refractivity contribution is 7.89. The molecular weight excluding hydrogens is 532 g/mol. The molecule has 0 fully saturated rings. The summed E-state index contributed by atoms with van der Waals surface area (Å²) in [5.74, 6) is -3.87. The molecule has 210 valence electrons. The van der Waals surface area contributed by atoms with Gasteiger partial charge >= 0.3 is 5.97 Å². The maximum Gasteiger partial charge on any atom is 0.335 e. The first-order valence-electron chi connectivity index (χ1n) is 11.5. The molecule has 15 heteroatoms. The van der Waals surface area contributed by atoms with E-state index in [-0.39, 0.29) is 35.7 Å². The van der Waals surface area contributed by atoms with E-state index in [2.05, 4.69) is 15.4 Å². The van der Waals surface area contributed by atoms with Crippen molar-refractivity contribution in [1.29, 1.82) is 5.41 Å². The number of benzene rings is 2. The first-order chi connectivity index (χ1) is 18.2. The van der Waals surface area contributed by atoms with E-state index in [1.807, 2.05) is 0 Å². The fraction of sp³-hybridized carbons (Fsp3) is 0.292. The number of nitrogens with one attached hydrogen (secondary N) is 4. The van der Waals surface area contributed by atoms with Crippen LogP contribution < -0.4 is 26.8 Å². The van der Waals surface area contributed by atoms with E-state index >= 15 is 0 Å². The minimum Gasteiger partial charge on any atom is -0.478 e. The Labute approximate surface area is 224 Å². The van der Waals surface area contributed by atoms with Crippen LogP contribution in [0.2, 0.25) is 0 Å². The number of hydrogen-bond acceptors (Lipinski definition) is 8. The molecule has 0 spiro atoms. The van der Waals surface area contributed by atoms with Crippen LogP contribution in [0.1, 0.15) is 41.3 Å². The summed E-state index contributed by atoms with van der Waals surface area (Å²) < 4.78 is 27.6. The highest BCUT2D eigenvalue weighted by Gasteiger charge is 2.32. The second-order valence-electron chi connectivity index (χ2n) is 8.56. The fourth-order valence-electron chi connectivity index (χ4n) is 3.31. The summed E-state index contributed by atoms with van der Waals surface area (Å²) in [4.78, 5) is 47.8. The number of carboxylic acids is 1.